The summed E-state index contributed by atoms with van der Waals surface area (Å²) in [6, 6.07) is 0. The molecule has 0 amide bonds. The number of hydrogen-bond acceptors (Lipinski definition) is 4. The molecule has 1 atom stereocenters. The number of piperidine rings is 1. The first-order valence-electron chi connectivity index (χ1n) is 8.21. The third kappa shape index (κ3) is 4.43. The lowest BCUT2D eigenvalue weighted by molar-refractivity contribution is 0.257. The molecule has 1 fully saturated rings. The van der Waals surface area contributed by atoms with E-state index in [1.807, 2.05) is 7.05 Å². The van der Waals surface area contributed by atoms with Gasteiger partial charge in [0.25, 0.3) is 0 Å². The van der Waals surface area contributed by atoms with Crippen molar-refractivity contribution in [3.63, 3.8) is 0 Å². The Labute approximate surface area is 128 Å². The largest absolute Gasteiger partial charge is 0.340 e. The zero-order valence-corrected chi connectivity index (χ0v) is 14.2. The van der Waals surface area contributed by atoms with Crippen LogP contribution in [-0.4, -0.2) is 41.9 Å². The SMILES string of the molecule is CNCC1CCN(c2n[nH]c(CC(C)C(C)(C)C)n2)CC1. The minimum Gasteiger partial charge on any atom is -0.340 e. The molecule has 1 aromatic heterocycles. The minimum atomic E-state index is 0.304. The second kappa shape index (κ2) is 6.77. The van der Waals surface area contributed by atoms with Crippen molar-refractivity contribution in [2.24, 2.45) is 17.3 Å². The maximum atomic E-state index is 4.70. The van der Waals surface area contributed by atoms with Crippen LogP contribution in [0, 0.1) is 17.3 Å². The fourth-order valence-electron chi connectivity index (χ4n) is 2.74. The molecule has 1 saturated heterocycles. The molecule has 5 heteroatoms. The monoisotopic (exact) mass is 293 g/mol. The van der Waals surface area contributed by atoms with Gasteiger partial charge >= 0.3 is 0 Å². The highest BCUT2D eigenvalue weighted by molar-refractivity contribution is 5.29. The standard InChI is InChI=1S/C16H31N5/c1-12(16(2,3)4)10-14-18-15(20-19-14)21-8-6-13(7-9-21)11-17-5/h12-13,17H,6-11H2,1-5H3,(H,18,19,20). The fraction of sp³-hybridized carbons (Fsp3) is 0.875. The summed E-state index contributed by atoms with van der Waals surface area (Å²) in [7, 11) is 2.03. The maximum Gasteiger partial charge on any atom is 0.244 e. The molecule has 0 radical (unpaired) electrons. The Morgan fingerprint density at radius 3 is 2.57 bits per heavy atom. The van der Waals surface area contributed by atoms with E-state index in [1.54, 1.807) is 0 Å². The van der Waals surface area contributed by atoms with Gasteiger partial charge in [0.1, 0.15) is 5.82 Å². The van der Waals surface area contributed by atoms with Crippen LogP contribution >= 0.6 is 0 Å². The zero-order chi connectivity index (χ0) is 15.5. The normalized spacial score (nSPS) is 19.0. The van der Waals surface area contributed by atoms with Gasteiger partial charge in [0.05, 0.1) is 0 Å². The Morgan fingerprint density at radius 1 is 1.33 bits per heavy atom. The number of H-pyrrole nitrogens is 1. The number of nitrogens with zero attached hydrogens (tertiary/aromatic N) is 3. The van der Waals surface area contributed by atoms with Crippen molar-refractivity contribution < 1.29 is 0 Å². The molecular formula is C16H31N5. The van der Waals surface area contributed by atoms with Gasteiger partial charge in [0, 0.05) is 19.5 Å². The lowest BCUT2D eigenvalue weighted by Gasteiger charge is -2.31. The second-order valence-electron chi connectivity index (χ2n) is 7.54. The summed E-state index contributed by atoms with van der Waals surface area (Å²) in [5.74, 6) is 3.28. The van der Waals surface area contributed by atoms with Gasteiger partial charge < -0.3 is 10.2 Å². The zero-order valence-electron chi connectivity index (χ0n) is 14.2. The molecule has 1 aliphatic rings. The van der Waals surface area contributed by atoms with Crippen molar-refractivity contribution in [2.45, 2.75) is 47.0 Å². The van der Waals surface area contributed by atoms with E-state index in [9.17, 15) is 0 Å². The summed E-state index contributed by atoms with van der Waals surface area (Å²) in [5, 5.41) is 10.8. The van der Waals surface area contributed by atoms with Gasteiger partial charge in [-0.25, -0.2) is 0 Å². The van der Waals surface area contributed by atoms with Crippen LogP contribution in [0.15, 0.2) is 0 Å². The van der Waals surface area contributed by atoms with Gasteiger partial charge in [-0.3, -0.25) is 5.10 Å². The molecule has 0 spiro atoms. The van der Waals surface area contributed by atoms with E-state index in [4.69, 9.17) is 4.98 Å². The molecule has 1 unspecified atom stereocenters. The van der Waals surface area contributed by atoms with Gasteiger partial charge in [0.2, 0.25) is 5.95 Å². The van der Waals surface area contributed by atoms with Crippen LogP contribution in [0.1, 0.15) is 46.4 Å². The van der Waals surface area contributed by atoms with Crippen molar-refractivity contribution in [2.75, 3.05) is 31.6 Å². The molecule has 0 saturated carbocycles. The second-order valence-corrected chi connectivity index (χ2v) is 7.54. The molecule has 2 heterocycles. The summed E-state index contributed by atoms with van der Waals surface area (Å²) in [5.41, 5.74) is 0.304. The highest BCUT2D eigenvalue weighted by Gasteiger charge is 2.24. The highest BCUT2D eigenvalue weighted by atomic mass is 15.4. The lowest BCUT2D eigenvalue weighted by atomic mass is 9.80. The summed E-state index contributed by atoms with van der Waals surface area (Å²) in [4.78, 5) is 7.02. The van der Waals surface area contributed by atoms with Crippen molar-refractivity contribution in [3.05, 3.63) is 5.82 Å². The molecule has 1 aliphatic heterocycles. The molecule has 2 N–H and O–H groups in total. The van der Waals surface area contributed by atoms with Crippen molar-refractivity contribution in [1.82, 2.24) is 20.5 Å². The maximum absolute atomic E-state index is 4.70. The molecular weight excluding hydrogens is 262 g/mol. The molecule has 0 aliphatic carbocycles. The summed E-state index contributed by atoms with van der Waals surface area (Å²) < 4.78 is 0. The average molecular weight is 293 g/mol. The smallest absolute Gasteiger partial charge is 0.244 e. The van der Waals surface area contributed by atoms with Gasteiger partial charge in [0.15, 0.2) is 0 Å². The number of aromatic amines is 1. The van der Waals surface area contributed by atoms with Crippen molar-refractivity contribution in [3.8, 4) is 0 Å². The Morgan fingerprint density at radius 2 is 2.00 bits per heavy atom. The van der Waals surface area contributed by atoms with E-state index in [2.05, 4.69) is 48.1 Å². The molecule has 0 bridgehead atoms. The fourth-order valence-corrected chi connectivity index (χ4v) is 2.74. The van der Waals surface area contributed by atoms with Crippen molar-refractivity contribution in [1.29, 1.82) is 0 Å². The van der Waals surface area contributed by atoms with E-state index in [0.29, 0.717) is 11.3 Å². The van der Waals surface area contributed by atoms with Crippen LogP contribution < -0.4 is 10.2 Å². The first kappa shape index (κ1) is 16.3. The van der Waals surface area contributed by atoms with Crippen LogP contribution in [0.4, 0.5) is 5.95 Å². The summed E-state index contributed by atoms with van der Waals surface area (Å²) >= 11 is 0. The van der Waals surface area contributed by atoms with Gasteiger partial charge in [-0.15, -0.1) is 5.10 Å². The quantitative estimate of drug-likeness (QED) is 0.875. The van der Waals surface area contributed by atoms with E-state index in [1.165, 1.54) is 12.8 Å². The van der Waals surface area contributed by atoms with Crippen LogP contribution in [-0.2, 0) is 6.42 Å². The van der Waals surface area contributed by atoms with Gasteiger partial charge in [-0.05, 0) is 43.7 Å². The highest BCUT2D eigenvalue weighted by Crippen LogP contribution is 2.28. The van der Waals surface area contributed by atoms with Crippen LogP contribution in [0.2, 0.25) is 0 Å². The van der Waals surface area contributed by atoms with E-state index in [-0.39, 0.29) is 0 Å². The van der Waals surface area contributed by atoms with Crippen molar-refractivity contribution >= 4 is 5.95 Å². The molecule has 0 aromatic carbocycles. The van der Waals surface area contributed by atoms with Gasteiger partial charge in [-0.1, -0.05) is 27.7 Å². The molecule has 21 heavy (non-hydrogen) atoms. The Balaban J connectivity index is 1.89. The van der Waals surface area contributed by atoms with Crippen LogP contribution in [0.3, 0.4) is 0 Å². The Kier molecular flexibility index (Phi) is 5.25. The Hall–Kier alpha value is -1.10. The summed E-state index contributed by atoms with van der Waals surface area (Å²) in [6.07, 6.45) is 3.42. The molecule has 5 nitrogen and oxygen atoms in total. The first-order chi connectivity index (χ1) is 9.90. The average Bonchev–Trinajstić information content (AvgIpc) is 2.87. The number of anilines is 1. The van der Waals surface area contributed by atoms with E-state index in [0.717, 1.165) is 43.7 Å². The lowest BCUT2D eigenvalue weighted by Crippen LogP contribution is -2.37. The molecule has 2 rings (SSSR count). The number of hydrogen-bond donors (Lipinski definition) is 2. The minimum absolute atomic E-state index is 0.304. The molecule has 120 valence electrons. The van der Waals surface area contributed by atoms with E-state index < -0.39 is 0 Å². The molecule has 1 aromatic rings. The summed E-state index contributed by atoms with van der Waals surface area (Å²) in [6.45, 7) is 12.4. The third-order valence-electron chi connectivity index (χ3n) is 4.89. The van der Waals surface area contributed by atoms with Crippen LogP contribution in [0.25, 0.3) is 0 Å². The predicted octanol–water partition coefficient (Wildman–Crippen LogP) is 2.47. The Bertz CT molecular complexity index is 426. The topological polar surface area (TPSA) is 56.8 Å². The number of rotatable bonds is 5. The van der Waals surface area contributed by atoms with E-state index >= 15 is 0 Å². The van der Waals surface area contributed by atoms with Crippen LogP contribution in [0.5, 0.6) is 0 Å². The third-order valence-corrected chi connectivity index (χ3v) is 4.89. The number of nitrogens with one attached hydrogen (secondary N) is 2. The first-order valence-corrected chi connectivity index (χ1v) is 8.21. The van der Waals surface area contributed by atoms with Gasteiger partial charge in [-0.2, -0.15) is 4.98 Å². The number of aromatic nitrogens is 3. The predicted molar refractivity (Wildman–Crippen MR) is 87.6 cm³/mol.